The second kappa shape index (κ2) is 7.37. The van der Waals surface area contributed by atoms with Crippen molar-refractivity contribution in [1.29, 1.82) is 0 Å². The van der Waals surface area contributed by atoms with Crippen LogP contribution < -0.4 is 15.0 Å². The van der Waals surface area contributed by atoms with E-state index in [0.717, 1.165) is 18.7 Å². The molecule has 0 aliphatic carbocycles. The van der Waals surface area contributed by atoms with Crippen molar-refractivity contribution < 1.29 is 4.74 Å². The van der Waals surface area contributed by atoms with Gasteiger partial charge in [-0.2, -0.15) is 15.0 Å². The Labute approximate surface area is 124 Å². The predicted octanol–water partition coefficient (Wildman–Crippen LogP) is 1.73. The molecular weight excluding hydrogens is 268 g/mol. The first-order chi connectivity index (χ1) is 10.3. The van der Waals surface area contributed by atoms with Crippen molar-refractivity contribution in [1.82, 2.24) is 19.9 Å². The SMILES string of the molecule is CCNc1nc(OC)nc(N(CC)Cc2ccncc2)n1. The summed E-state index contributed by atoms with van der Waals surface area (Å²) < 4.78 is 5.15. The molecule has 1 N–H and O–H groups in total. The Morgan fingerprint density at radius 1 is 1.14 bits per heavy atom. The number of ether oxygens (including phenoxy) is 1. The molecule has 21 heavy (non-hydrogen) atoms. The zero-order chi connectivity index (χ0) is 15.1. The van der Waals surface area contributed by atoms with E-state index >= 15 is 0 Å². The van der Waals surface area contributed by atoms with Gasteiger partial charge in [-0.25, -0.2) is 0 Å². The monoisotopic (exact) mass is 288 g/mol. The molecule has 0 aromatic carbocycles. The molecule has 0 atom stereocenters. The highest BCUT2D eigenvalue weighted by Gasteiger charge is 2.13. The van der Waals surface area contributed by atoms with E-state index in [-0.39, 0.29) is 0 Å². The lowest BCUT2D eigenvalue weighted by Crippen LogP contribution is -2.25. The smallest absolute Gasteiger partial charge is 0.322 e. The van der Waals surface area contributed by atoms with Gasteiger partial charge in [0, 0.05) is 32.0 Å². The van der Waals surface area contributed by atoms with Crippen molar-refractivity contribution in [3.8, 4) is 6.01 Å². The first-order valence-corrected chi connectivity index (χ1v) is 6.94. The lowest BCUT2D eigenvalue weighted by molar-refractivity contribution is 0.378. The first-order valence-electron chi connectivity index (χ1n) is 6.94. The molecule has 0 radical (unpaired) electrons. The lowest BCUT2D eigenvalue weighted by Gasteiger charge is -2.21. The fraction of sp³-hybridized carbons (Fsp3) is 0.429. The van der Waals surface area contributed by atoms with Crippen LogP contribution in [0.4, 0.5) is 11.9 Å². The van der Waals surface area contributed by atoms with Crippen LogP contribution in [0.1, 0.15) is 19.4 Å². The average Bonchev–Trinajstić information content (AvgIpc) is 2.53. The van der Waals surface area contributed by atoms with Gasteiger partial charge in [-0.3, -0.25) is 4.98 Å². The first kappa shape index (κ1) is 15.0. The van der Waals surface area contributed by atoms with Crippen molar-refractivity contribution in [2.75, 3.05) is 30.4 Å². The summed E-state index contributed by atoms with van der Waals surface area (Å²) in [6, 6.07) is 4.27. The molecule has 0 spiro atoms. The van der Waals surface area contributed by atoms with Crippen molar-refractivity contribution in [2.45, 2.75) is 20.4 Å². The van der Waals surface area contributed by atoms with Gasteiger partial charge in [-0.1, -0.05) is 0 Å². The minimum absolute atomic E-state index is 0.309. The van der Waals surface area contributed by atoms with E-state index in [9.17, 15) is 0 Å². The van der Waals surface area contributed by atoms with E-state index in [4.69, 9.17) is 4.74 Å². The number of pyridine rings is 1. The number of methoxy groups -OCH3 is 1. The van der Waals surface area contributed by atoms with Crippen LogP contribution in [-0.4, -0.2) is 40.1 Å². The van der Waals surface area contributed by atoms with Crippen LogP contribution in [-0.2, 0) is 6.54 Å². The molecule has 0 aliphatic rings. The largest absolute Gasteiger partial charge is 0.467 e. The van der Waals surface area contributed by atoms with Gasteiger partial charge >= 0.3 is 6.01 Å². The van der Waals surface area contributed by atoms with Gasteiger partial charge < -0.3 is 15.0 Å². The second-order valence-corrected chi connectivity index (χ2v) is 4.35. The second-order valence-electron chi connectivity index (χ2n) is 4.35. The third-order valence-corrected chi connectivity index (χ3v) is 2.91. The zero-order valence-corrected chi connectivity index (χ0v) is 12.6. The van der Waals surface area contributed by atoms with Crippen molar-refractivity contribution in [2.24, 2.45) is 0 Å². The van der Waals surface area contributed by atoms with Crippen molar-refractivity contribution in [3.63, 3.8) is 0 Å². The highest BCUT2D eigenvalue weighted by molar-refractivity contribution is 5.39. The summed E-state index contributed by atoms with van der Waals surface area (Å²) in [6.07, 6.45) is 3.56. The molecule has 0 saturated heterocycles. The summed E-state index contributed by atoms with van der Waals surface area (Å²) in [6.45, 7) is 6.27. The summed E-state index contributed by atoms with van der Waals surface area (Å²) in [4.78, 5) is 19.0. The number of nitrogens with zero attached hydrogens (tertiary/aromatic N) is 5. The van der Waals surface area contributed by atoms with Gasteiger partial charge in [-0.15, -0.1) is 0 Å². The standard InChI is InChI=1S/C14H20N6O/c1-4-16-12-17-13(19-14(18-12)21-3)20(5-2)10-11-6-8-15-9-7-11/h6-9H,4-5,10H2,1-3H3,(H,16,17,18,19). The Bertz CT molecular complexity index is 563. The summed E-state index contributed by atoms with van der Waals surface area (Å²) in [5.74, 6) is 1.12. The Morgan fingerprint density at radius 3 is 2.52 bits per heavy atom. The van der Waals surface area contributed by atoms with E-state index in [1.54, 1.807) is 19.5 Å². The van der Waals surface area contributed by atoms with Crippen LogP contribution in [0.3, 0.4) is 0 Å². The molecular formula is C14H20N6O. The van der Waals surface area contributed by atoms with E-state index in [1.807, 2.05) is 19.1 Å². The molecule has 2 rings (SSSR count). The Kier molecular flexibility index (Phi) is 5.25. The highest BCUT2D eigenvalue weighted by atomic mass is 16.5. The fourth-order valence-corrected chi connectivity index (χ4v) is 1.85. The maximum atomic E-state index is 5.15. The molecule has 0 amide bonds. The topological polar surface area (TPSA) is 76.1 Å². The van der Waals surface area contributed by atoms with E-state index in [0.29, 0.717) is 24.5 Å². The van der Waals surface area contributed by atoms with Crippen LogP contribution in [0.15, 0.2) is 24.5 Å². The molecule has 112 valence electrons. The van der Waals surface area contributed by atoms with Crippen LogP contribution >= 0.6 is 0 Å². The minimum atomic E-state index is 0.309. The molecule has 2 aromatic rings. The normalized spacial score (nSPS) is 10.2. The Balaban J connectivity index is 2.26. The number of hydrogen-bond donors (Lipinski definition) is 1. The lowest BCUT2D eigenvalue weighted by atomic mass is 10.2. The number of hydrogen-bond acceptors (Lipinski definition) is 7. The minimum Gasteiger partial charge on any atom is -0.467 e. The van der Waals surface area contributed by atoms with Crippen LogP contribution in [0.2, 0.25) is 0 Å². The third-order valence-electron chi connectivity index (χ3n) is 2.91. The molecule has 0 bridgehead atoms. The summed E-state index contributed by atoms with van der Waals surface area (Å²) in [5.41, 5.74) is 1.15. The Morgan fingerprint density at radius 2 is 1.90 bits per heavy atom. The van der Waals surface area contributed by atoms with Crippen LogP contribution in [0.25, 0.3) is 0 Å². The fourth-order valence-electron chi connectivity index (χ4n) is 1.85. The predicted molar refractivity (Wildman–Crippen MR) is 81.5 cm³/mol. The molecule has 7 heteroatoms. The number of anilines is 2. The summed E-state index contributed by atoms with van der Waals surface area (Å²) in [5, 5.41) is 3.09. The van der Waals surface area contributed by atoms with Gasteiger partial charge in [0.05, 0.1) is 7.11 Å². The van der Waals surface area contributed by atoms with Gasteiger partial charge in [-0.05, 0) is 31.5 Å². The van der Waals surface area contributed by atoms with Gasteiger partial charge in [0.2, 0.25) is 11.9 Å². The zero-order valence-electron chi connectivity index (χ0n) is 12.6. The van der Waals surface area contributed by atoms with E-state index < -0.39 is 0 Å². The maximum absolute atomic E-state index is 5.15. The van der Waals surface area contributed by atoms with Crippen LogP contribution in [0, 0.1) is 0 Å². The third kappa shape index (κ3) is 4.01. The molecule has 0 unspecified atom stereocenters. The highest BCUT2D eigenvalue weighted by Crippen LogP contribution is 2.16. The van der Waals surface area contributed by atoms with Crippen molar-refractivity contribution >= 4 is 11.9 Å². The van der Waals surface area contributed by atoms with Gasteiger partial charge in [0.25, 0.3) is 0 Å². The molecule has 0 fully saturated rings. The molecule has 7 nitrogen and oxygen atoms in total. The molecule has 2 aromatic heterocycles. The van der Waals surface area contributed by atoms with Crippen LogP contribution in [0.5, 0.6) is 6.01 Å². The van der Waals surface area contributed by atoms with Gasteiger partial charge in [0.1, 0.15) is 0 Å². The van der Waals surface area contributed by atoms with E-state index in [2.05, 4.69) is 37.1 Å². The summed E-state index contributed by atoms with van der Waals surface area (Å²) >= 11 is 0. The molecule has 0 saturated carbocycles. The number of nitrogens with one attached hydrogen (secondary N) is 1. The number of rotatable bonds is 7. The molecule has 2 heterocycles. The van der Waals surface area contributed by atoms with Gasteiger partial charge in [0.15, 0.2) is 0 Å². The number of aromatic nitrogens is 4. The molecule has 0 aliphatic heterocycles. The van der Waals surface area contributed by atoms with E-state index in [1.165, 1.54) is 0 Å². The maximum Gasteiger partial charge on any atom is 0.322 e. The quantitative estimate of drug-likeness (QED) is 0.831. The van der Waals surface area contributed by atoms with Crippen molar-refractivity contribution in [3.05, 3.63) is 30.1 Å². The summed E-state index contributed by atoms with van der Waals surface area (Å²) in [7, 11) is 1.55. The Hall–Kier alpha value is -2.44. The average molecular weight is 288 g/mol.